The molecule has 1 aromatic heterocycles. The zero-order valence-electron chi connectivity index (χ0n) is 10.9. The van der Waals surface area contributed by atoms with Gasteiger partial charge in [0.25, 0.3) is 0 Å². The number of nitrogens with one attached hydrogen (secondary N) is 2. The van der Waals surface area contributed by atoms with Crippen LogP contribution in [0.4, 0.5) is 5.88 Å². The van der Waals surface area contributed by atoms with Crippen molar-refractivity contribution in [2.45, 2.75) is 13.3 Å². The van der Waals surface area contributed by atoms with Crippen molar-refractivity contribution < 1.29 is 9.32 Å². The molecule has 2 N–H and O–H groups in total. The molecule has 1 fully saturated rings. The highest BCUT2D eigenvalue weighted by molar-refractivity contribution is 5.90. The molecule has 0 aliphatic carbocycles. The van der Waals surface area contributed by atoms with Gasteiger partial charge in [-0.1, -0.05) is 5.16 Å². The van der Waals surface area contributed by atoms with Gasteiger partial charge in [0.05, 0.1) is 12.2 Å². The predicted octanol–water partition coefficient (Wildman–Crippen LogP) is 0.463. The first-order valence-corrected chi connectivity index (χ1v) is 6.27. The van der Waals surface area contributed by atoms with Crippen LogP contribution in [0, 0.1) is 12.8 Å². The third-order valence-electron chi connectivity index (χ3n) is 3.12. The van der Waals surface area contributed by atoms with Crippen LogP contribution in [0.1, 0.15) is 12.1 Å². The summed E-state index contributed by atoms with van der Waals surface area (Å²) in [5, 5.41) is 9.61. The van der Waals surface area contributed by atoms with E-state index in [4.69, 9.17) is 4.52 Å². The topological polar surface area (TPSA) is 70.4 Å². The normalized spacial score (nSPS) is 20.2. The molecule has 1 unspecified atom stereocenters. The Balaban J connectivity index is 1.75. The molecule has 6 heteroatoms. The maximum absolute atomic E-state index is 11.8. The van der Waals surface area contributed by atoms with E-state index in [1.165, 1.54) is 0 Å². The van der Waals surface area contributed by atoms with Crippen molar-refractivity contribution >= 4 is 11.8 Å². The van der Waals surface area contributed by atoms with E-state index in [0.717, 1.165) is 31.7 Å². The molecular weight excluding hydrogens is 232 g/mol. The summed E-state index contributed by atoms with van der Waals surface area (Å²) >= 11 is 0. The van der Waals surface area contributed by atoms with Crippen molar-refractivity contribution in [1.29, 1.82) is 0 Å². The molecule has 0 radical (unpaired) electrons. The monoisotopic (exact) mass is 252 g/mol. The molecular formula is C12H20N4O2. The minimum absolute atomic E-state index is 0.0451. The van der Waals surface area contributed by atoms with Gasteiger partial charge in [0.1, 0.15) is 0 Å². The Labute approximate surface area is 107 Å². The number of aryl methyl sites for hydroxylation is 1. The number of rotatable bonds is 5. The van der Waals surface area contributed by atoms with E-state index in [0.29, 0.717) is 18.3 Å². The summed E-state index contributed by atoms with van der Waals surface area (Å²) in [7, 11) is 1.96. The molecule has 1 aliphatic heterocycles. The Bertz CT molecular complexity index is 405. The Morgan fingerprint density at radius 2 is 2.50 bits per heavy atom. The van der Waals surface area contributed by atoms with Gasteiger partial charge in [-0.25, -0.2) is 0 Å². The van der Waals surface area contributed by atoms with E-state index < -0.39 is 0 Å². The Hall–Kier alpha value is -1.40. The molecule has 1 saturated heterocycles. The molecule has 6 nitrogen and oxygen atoms in total. The fraction of sp³-hybridized carbons (Fsp3) is 0.667. The first-order chi connectivity index (χ1) is 8.67. The number of amides is 1. The van der Waals surface area contributed by atoms with Gasteiger partial charge >= 0.3 is 0 Å². The van der Waals surface area contributed by atoms with E-state index in [2.05, 4.69) is 20.7 Å². The van der Waals surface area contributed by atoms with Crippen LogP contribution >= 0.6 is 0 Å². The lowest BCUT2D eigenvalue weighted by molar-refractivity contribution is -0.117. The number of anilines is 1. The van der Waals surface area contributed by atoms with Crippen LogP contribution in [0.3, 0.4) is 0 Å². The van der Waals surface area contributed by atoms with Crippen LogP contribution in [0.2, 0.25) is 0 Å². The molecule has 0 saturated carbocycles. The second kappa shape index (κ2) is 5.97. The smallest absolute Gasteiger partial charge is 0.240 e. The van der Waals surface area contributed by atoms with Crippen LogP contribution in [0.15, 0.2) is 10.6 Å². The maximum Gasteiger partial charge on any atom is 0.240 e. The average Bonchev–Trinajstić information content (AvgIpc) is 2.89. The second-order valence-electron chi connectivity index (χ2n) is 4.83. The average molecular weight is 252 g/mol. The highest BCUT2D eigenvalue weighted by Crippen LogP contribution is 2.15. The fourth-order valence-electron chi connectivity index (χ4n) is 2.31. The van der Waals surface area contributed by atoms with E-state index in [1.54, 1.807) is 6.07 Å². The zero-order valence-corrected chi connectivity index (χ0v) is 10.9. The highest BCUT2D eigenvalue weighted by Gasteiger charge is 2.23. The summed E-state index contributed by atoms with van der Waals surface area (Å²) in [5.74, 6) is 1.02. The summed E-state index contributed by atoms with van der Waals surface area (Å²) in [6.07, 6.45) is 1.15. The third-order valence-corrected chi connectivity index (χ3v) is 3.12. The molecule has 1 aliphatic rings. The second-order valence-corrected chi connectivity index (χ2v) is 4.83. The van der Waals surface area contributed by atoms with Gasteiger partial charge < -0.3 is 9.84 Å². The quantitative estimate of drug-likeness (QED) is 0.797. The zero-order chi connectivity index (χ0) is 13.0. The van der Waals surface area contributed by atoms with Gasteiger partial charge in [-0.15, -0.1) is 0 Å². The van der Waals surface area contributed by atoms with E-state index in [1.807, 2.05) is 14.0 Å². The number of carbonyl (C=O) groups is 1. The van der Waals surface area contributed by atoms with Gasteiger partial charge in [-0.2, -0.15) is 0 Å². The van der Waals surface area contributed by atoms with Gasteiger partial charge in [0, 0.05) is 12.6 Å². The molecule has 2 heterocycles. The number of nitrogens with zero attached hydrogens (tertiary/aromatic N) is 2. The SMILES string of the molecule is CNCC1CCN(CC(=O)Nc2cc(C)no2)C1. The van der Waals surface area contributed by atoms with Crippen molar-refractivity contribution in [1.82, 2.24) is 15.4 Å². The lowest BCUT2D eigenvalue weighted by atomic mass is 10.1. The maximum atomic E-state index is 11.8. The minimum Gasteiger partial charge on any atom is -0.338 e. The van der Waals surface area contributed by atoms with Crippen molar-refractivity contribution in [2.24, 2.45) is 5.92 Å². The molecule has 0 spiro atoms. The van der Waals surface area contributed by atoms with Crippen LogP contribution in [0.25, 0.3) is 0 Å². The molecule has 18 heavy (non-hydrogen) atoms. The molecule has 0 aromatic carbocycles. The van der Waals surface area contributed by atoms with E-state index in [9.17, 15) is 4.79 Å². The van der Waals surface area contributed by atoms with Crippen LogP contribution < -0.4 is 10.6 Å². The number of aromatic nitrogens is 1. The summed E-state index contributed by atoms with van der Waals surface area (Å²) in [6, 6.07) is 1.71. The lowest BCUT2D eigenvalue weighted by Gasteiger charge is -2.14. The summed E-state index contributed by atoms with van der Waals surface area (Å²) in [4.78, 5) is 14.0. The van der Waals surface area contributed by atoms with Crippen LogP contribution in [-0.4, -0.2) is 49.2 Å². The fourth-order valence-corrected chi connectivity index (χ4v) is 2.31. The Morgan fingerprint density at radius 1 is 1.67 bits per heavy atom. The van der Waals surface area contributed by atoms with Crippen molar-refractivity contribution in [3.05, 3.63) is 11.8 Å². The van der Waals surface area contributed by atoms with Gasteiger partial charge in [-0.05, 0) is 39.4 Å². The first-order valence-electron chi connectivity index (χ1n) is 6.27. The molecule has 0 bridgehead atoms. The minimum atomic E-state index is -0.0451. The van der Waals surface area contributed by atoms with E-state index in [-0.39, 0.29) is 5.91 Å². The largest absolute Gasteiger partial charge is 0.338 e. The van der Waals surface area contributed by atoms with Crippen LogP contribution in [-0.2, 0) is 4.79 Å². The molecule has 1 amide bonds. The Kier molecular flexibility index (Phi) is 4.33. The van der Waals surface area contributed by atoms with Crippen molar-refractivity contribution in [2.75, 3.05) is 38.5 Å². The summed E-state index contributed by atoms with van der Waals surface area (Å²) in [5.41, 5.74) is 0.764. The standard InChI is InChI=1S/C12H20N4O2/c1-9-5-12(18-15-9)14-11(17)8-16-4-3-10(7-16)6-13-2/h5,10,13H,3-4,6-8H2,1-2H3,(H,14,17). The summed E-state index contributed by atoms with van der Waals surface area (Å²) in [6.45, 7) is 5.21. The number of hydrogen-bond donors (Lipinski definition) is 2. The number of carbonyl (C=O) groups excluding carboxylic acids is 1. The van der Waals surface area contributed by atoms with Crippen molar-refractivity contribution in [3.8, 4) is 0 Å². The molecule has 100 valence electrons. The van der Waals surface area contributed by atoms with Gasteiger partial charge in [0.15, 0.2) is 0 Å². The van der Waals surface area contributed by atoms with Crippen molar-refractivity contribution in [3.63, 3.8) is 0 Å². The Morgan fingerprint density at radius 3 is 3.17 bits per heavy atom. The molecule has 2 rings (SSSR count). The molecule has 1 aromatic rings. The molecule has 1 atom stereocenters. The van der Waals surface area contributed by atoms with Gasteiger partial charge in [-0.3, -0.25) is 15.0 Å². The highest BCUT2D eigenvalue weighted by atomic mass is 16.5. The summed E-state index contributed by atoms with van der Waals surface area (Å²) < 4.78 is 4.95. The predicted molar refractivity (Wildman–Crippen MR) is 68.3 cm³/mol. The first kappa shape index (κ1) is 13.0. The van der Waals surface area contributed by atoms with Crippen LogP contribution in [0.5, 0.6) is 0 Å². The van der Waals surface area contributed by atoms with Gasteiger partial charge in [0.2, 0.25) is 11.8 Å². The van der Waals surface area contributed by atoms with E-state index >= 15 is 0 Å². The lowest BCUT2D eigenvalue weighted by Crippen LogP contribution is -2.32. The third kappa shape index (κ3) is 3.54. The number of likely N-dealkylation sites (tertiary alicyclic amines) is 1. The number of hydrogen-bond acceptors (Lipinski definition) is 5.